The normalized spacial score (nSPS) is 19.7. The molecule has 9 atom stereocenters. The van der Waals surface area contributed by atoms with Crippen LogP contribution in [-0.4, -0.2) is 110 Å². The number of unbranched alkanes of at least 4 members (excludes halogenated alkanes) is 41. The molecule has 0 saturated carbocycles. The third-order valence-electron chi connectivity index (χ3n) is 16.0. The van der Waals surface area contributed by atoms with E-state index < -0.39 is 74.2 Å². The fourth-order valence-corrected chi connectivity index (χ4v) is 10.7. The van der Waals surface area contributed by atoms with Crippen LogP contribution in [0.25, 0.3) is 0 Å². The number of carbonyl (C=O) groups excluding carboxylic acids is 1. The number of hydrogen-bond donors (Lipinski definition) is 8. The van der Waals surface area contributed by atoms with Crippen molar-refractivity contribution in [1.82, 2.24) is 5.32 Å². The van der Waals surface area contributed by atoms with Gasteiger partial charge in [0, 0.05) is 0 Å². The van der Waals surface area contributed by atoms with Gasteiger partial charge in [-0.1, -0.05) is 276 Å². The Morgan fingerprint density at radius 3 is 1.13 bits per heavy atom. The molecule has 1 rings (SSSR count). The molecular weight excluding hydrogens is 955 g/mol. The Bertz CT molecular complexity index is 1280. The van der Waals surface area contributed by atoms with Crippen LogP contribution in [0.5, 0.6) is 0 Å². The lowest BCUT2D eigenvalue weighted by molar-refractivity contribution is -0.303. The molecule has 0 aromatic heterocycles. The second-order valence-electron chi connectivity index (χ2n) is 23.2. The molecule has 450 valence electrons. The fourth-order valence-electron chi connectivity index (χ4n) is 10.7. The van der Waals surface area contributed by atoms with Gasteiger partial charge in [0.15, 0.2) is 6.29 Å². The molecule has 8 N–H and O–H groups in total. The summed E-state index contributed by atoms with van der Waals surface area (Å²) in [6.07, 6.45) is 55.4. The Kier molecular flexibility index (Phi) is 51.8. The van der Waals surface area contributed by atoms with E-state index in [4.69, 9.17) is 9.47 Å². The third kappa shape index (κ3) is 41.6. The van der Waals surface area contributed by atoms with Crippen molar-refractivity contribution in [2.75, 3.05) is 13.2 Å². The van der Waals surface area contributed by atoms with Crippen molar-refractivity contribution in [1.29, 1.82) is 0 Å². The molecule has 0 aliphatic carbocycles. The van der Waals surface area contributed by atoms with Gasteiger partial charge in [0.25, 0.3) is 0 Å². The van der Waals surface area contributed by atoms with E-state index in [1.807, 2.05) is 0 Å². The number of ether oxygens (including phenoxy) is 2. The van der Waals surface area contributed by atoms with Crippen LogP contribution in [0.4, 0.5) is 0 Å². The first-order valence-electron chi connectivity index (χ1n) is 32.7. The van der Waals surface area contributed by atoms with Crippen LogP contribution >= 0.6 is 0 Å². The first-order chi connectivity index (χ1) is 37.2. The summed E-state index contributed by atoms with van der Waals surface area (Å²) in [4.78, 5) is 13.2. The van der Waals surface area contributed by atoms with E-state index in [2.05, 4.69) is 43.5 Å². The summed E-state index contributed by atoms with van der Waals surface area (Å²) in [5, 5.41) is 76.3. The van der Waals surface area contributed by atoms with Crippen molar-refractivity contribution in [3.8, 4) is 0 Å². The quantitative estimate of drug-likeness (QED) is 0.0215. The van der Waals surface area contributed by atoms with E-state index in [-0.39, 0.29) is 12.8 Å². The third-order valence-corrected chi connectivity index (χ3v) is 16.0. The lowest BCUT2D eigenvalue weighted by atomic mass is 9.98. The van der Waals surface area contributed by atoms with E-state index in [0.29, 0.717) is 12.8 Å². The zero-order valence-electron chi connectivity index (χ0n) is 49.5. The molecule has 1 heterocycles. The van der Waals surface area contributed by atoms with E-state index in [1.54, 1.807) is 0 Å². The van der Waals surface area contributed by atoms with E-state index in [9.17, 15) is 40.5 Å². The highest BCUT2D eigenvalue weighted by molar-refractivity contribution is 5.80. The van der Waals surface area contributed by atoms with Gasteiger partial charge in [0.2, 0.25) is 5.91 Å². The average Bonchev–Trinajstić information content (AvgIpc) is 3.42. The molecule has 1 aliphatic rings. The second-order valence-corrected chi connectivity index (χ2v) is 23.2. The molecule has 1 aliphatic heterocycles. The van der Waals surface area contributed by atoms with Gasteiger partial charge < -0.3 is 50.5 Å². The summed E-state index contributed by atoms with van der Waals surface area (Å²) < 4.78 is 11.2. The summed E-state index contributed by atoms with van der Waals surface area (Å²) in [6.45, 7) is 3.48. The number of rotatable bonds is 57. The lowest BCUT2D eigenvalue weighted by Gasteiger charge is -2.40. The van der Waals surface area contributed by atoms with Crippen molar-refractivity contribution in [3.63, 3.8) is 0 Å². The van der Waals surface area contributed by atoms with Gasteiger partial charge in [-0.2, -0.15) is 0 Å². The summed E-state index contributed by atoms with van der Waals surface area (Å²) in [6, 6.07) is -1.18. The Labute approximate surface area is 467 Å². The maximum absolute atomic E-state index is 13.2. The molecule has 11 nitrogen and oxygen atoms in total. The van der Waals surface area contributed by atoms with Crippen LogP contribution in [0.2, 0.25) is 0 Å². The topological polar surface area (TPSA) is 189 Å². The minimum Gasteiger partial charge on any atom is -0.394 e. The molecule has 0 radical (unpaired) electrons. The molecule has 0 bridgehead atoms. The van der Waals surface area contributed by atoms with E-state index in [0.717, 1.165) is 38.5 Å². The van der Waals surface area contributed by atoms with Gasteiger partial charge in [-0.05, 0) is 64.2 Å². The zero-order valence-corrected chi connectivity index (χ0v) is 49.5. The predicted octanol–water partition coefficient (Wildman–Crippen LogP) is 14.9. The highest BCUT2D eigenvalue weighted by Gasteiger charge is 2.44. The van der Waals surface area contributed by atoms with Crippen molar-refractivity contribution in [3.05, 3.63) is 24.3 Å². The number of hydrogen-bond acceptors (Lipinski definition) is 10. The second kappa shape index (κ2) is 54.2. The van der Waals surface area contributed by atoms with Crippen LogP contribution in [0, 0.1) is 0 Å². The number of carbonyl (C=O) groups is 1. The van der Waals surface area contributed by atoms with Crippen LogP contribution < -0.4 is 5.32 Å². The van der Waals surface area contributed by atoms with Crippen molar-refractivity contribution in [2.24, 2.45) is 0 Å². The predicted molar refractivity (Wildman–Crippen MR) is 316 cm³/mol. The highest BCUT2D eigenvalue weighted by atomic mass is 16.7. The van der Waals surface area contributed by atoms with Crippen molar-refractivity contribution in [2.45, 2.75) is 371 Å². The molecule has 1 saturated heterocycles. The Balaban J connectivity index is 2.21. The van der Waals surface area contributed by atoms with Gasteiger partial charge in [0.05, 0.1) is 25.4 Å². The molecule has 0 aromatic carbocycles. The number of aliphatic hydroxyl groups excluding tert-OH is 7. The Morgan fingerprint density at radius 1 is 0.447 bits per heavy atom. The molecule has 1 fully saturated rings. The van der Waals surface area contributed by atoms with Crippen LogP contribution in [0.3, 0.4) is 0 Å². The van der Waals surface area contributed by atoms with Crippen LogP contribution in [0.1, 0.15) is 316 Å². The van der Waals surface area contributed by atoms with Gasteiger partial charge in [0.1, 0.15) is 36.6 Å². The number of amides is 1. The first-order valence-corrected chi connectivity index (χ1v) is 32.7. The van der Waals surface area contributed by atoms with Crippen LogP contribution in [0.15, 0.2) is 24.3 Å². The van der Waals surface area contributed by atoms with Crippen molar-refractivity contribution < 1.29 is 50.0 Å². The van der Waals surface area contributed by atoms with E-state index >= 15 is 0 Å². The highest BCUT2D eigenvalue weighted by Crippen LogP contribution is 2.24. The summed E-state index contributed by atoms with van der Waals surface area (Å²) in [5.41, 5.74) is 0. The Morgan fingerprint density at radius 2 is 0.776 bits per heavy atom. The molecule has 76 heavy (non-hydrogen) atoms. The zero-order chi connectivity index (χ0) is 55.4. The largest absolute Gasteiger partial charge is 0.394 e. The fraction of sp³-hybridized carbons (Fsp3) is 0.923. The molecule has 9 unspecified atom stereocenters. The van der Waals surface area contributed by atoms with Crippen molar-refractivity contribution >= 4 is 5.91 Å². The van der Waals surface area contributed by atoms with Gasteiger partial charge in [-0.25, -0.2) is 0 Å². The molecule has 11 heteroatoms. The first kappa shape index (κ1) is 72.6. The van der Waals surface area contributed by atoms with Gasteiger partial charge in [-0.3, -0.25) is 4.79 Å². The van der Waals surface area contributed by atoms with E-state index in [1.165, 1.54) is 238 Å². The molecule has 0 aromatic rings. The minimum atomic E-state index is -1.67. The number of nitrogens with one attached hydrogen (secondary N) is 1. The lowest BCUT2D eigenvalue weighted by Crippen LogP contribution is -2.60. The van der Waals surface area contributed by atoms with Crippen LogP contribution in [-0.2, 0) is 14.3 Å². The van der Waals surface area contributed by atoms with Gasteiger partial charge >= 0.3 is 0 Å². The minimum absolute atomic E-state index is 0.257. The standard InChI is InChI=1S/C65H125NO10/c1-3-5-7-9-11-13-15-17-19-21-23-24-25-26-27-28-29-30-31-32-33-34-35-37-39-41-43-45-47-49-51-53-58(69)64(74)66-56(55-75-65-63(73)62(72)61(71)59(54-67)76-65)60(70)57(68)52-50-48-46-44-42-40-38-36-22-20-18-16-14-12-10-8-6-4-2/h26-27,44,46,56-63,65,67-73H,3-25,28-43,45,47-55H2,1-2H3,(H,66,74)/b27-26-,46-44+. The Hall–Kier alpha value is -1.41. The number of aliphatic hydroxyl groups is 7. The van der Waals surface area contributed by atoms with Gasteiger partial charge in [-0.15, -0.1) is 0 Å². The molecule has 0 spiro atoms. The average molecular weight is 1080 g/mol. The monoisotopic (exact) mass is 1080 g/mol. The maximum atomic E-state index is 13.2. The SMILES string of the molecule is CCCCCCCCCCCCCC/C=C\CCCCCCCCCCCCCCCCCC(O)C(=O)NC(COC1OC(CO)C(O)C(O)C1O)C(O)C(O)CCC/C=C/CCCCCCCCCCCCCCC. The number of allylic oxidation sites excluding steroid dienone is 4. The molecule has 1 amide bonds. The summed E-state index contributed by atoms with van der Waals surface area (Å²) in [7, 11) is 0. The summed E-state index contributed by atoms with van der Waals surface area (Å²) in [5.74, 6) is -0.701. The molecular formula is C65H125NO10. The maximum Gasteiger partial charge on any atom is 0.249 e. The smallest absolute Gasteiger partial charge is 0.249 e. The summed E-state index contributed by atoms with van der Waals surface area (Å²) >= 11 is 0.